The smallest absolute Gasteiger partial charge is 0.338 e. The van der Waals surface area contributed by atoms with Crippen LogP contribution in [0, 0.1) is 0 Å². The van der Waals surface area contributed by atoms with Crippen LogP contribution >= 0.6 is 34.5 Å². The summed E-state index contributed by atoms with van der Waals surface area (Å²) in [5, 5.41) is 1.01. The quantitative estimate of drug-likeness (QED) is 0.191. The maximum atomic E-state index is 14.1. The van der Waals surface area contributed by atoms with Gasteiger partial charge in [-0.25, -0.2) is 9.79 Å². The summed E-state index contributed by atoms with van der Waals surface area (Å²) in [6.45, 7) is 1.91. The van der Waals surface area contributed by atoms with E-state index in [1.54, 1.807) is 62.6 Å². The summed E-state index contributed by atoms with van der Waals surface area (Å²) in [5.74, 6) is 1.06. The molecule has 2 aromatic heterocycles. The van der Waals surface area contributed by atoms with Crippen molar-refractivity contribution < 1.29 is 18.7 Å². The molecule has 7 nitrogen and oxygen atoms in total. The summed E-state index contributed by atoms with van der Waals surface area (Å²) < 4.78 is 18.8. The number of nitrogens with zero attached hydrogens (tertiary/aromatic N) is 2. The molecule has 3 heterocycles. The van der Waals surface area contributed by atoms with Gasteiger partial charge in [0.25, 0.3) is 5.56 Å². The number of hydrogen-bond acceptors (Lipinski definition) is 7. The Labute approximate surface area is 260 Å². The van der Waals surface area contributed by atoms with Crippen LogP contribution in [0.2, 0.25) is 10.0 Å². The number of hydrogen-bond donors (Lipinski definition) is 0. The van der Waals surface area contributed by atoms with E-state index < -0.39 is 12.0 Å². The molecule has 3 aromatic carbocycles. The van der Waals surface area contributed by atoms with Crippen molar-refractivity contribution in [2.75, 3.05) is 13.7 Å². The van der Waals surface area contributed by atoms with Crippen molar-refractivity contribution in [1.29, 1.82) is 0 Å². The molecule has 0 bridgehead atoms. The van der Waals surface area contributed by atoms with Gasteiger partial charge in [-0.3, -0.25) is 9.36 Å². The number of halogens is 2. The fourth-order valence-electron chi connectivity index (χ4n) is 4.93. The molecule has 0 fully saturated rings. The molecule has 0 unspecified atom stereocenters. The normalized spacial score (nSPS) is 14.8. The predicted molar refractivity (Wildman–Crippen MR) is 168 cm³/mol. The molecule has 1 atom stereocenters. The molecule has 43 heavy (non-hydrogen) atoms. The Hall–Kier alpha value is -4.37. The molecule has 1 aliphatic heterocycles. The summed E-state index contributed by atoms with van der Waals surface area (Å²) in [5.41, 5.74) is 2.47. The van der Waals surface area contributed by atoms with E-state index in [2.05, 4.69) is 0 Å². The van der Waals surface area contributed by atoms with E-state index in [-0.39, 0.29) is 17.7 Å². The minimum atomic E-state index is -0.795. The molecule has 0 N–H and O–H groups in total. The average Bonchev–Trinajstić information content (AvgIpc) is 3.62. The average molecular weight is 632 g/mol. The number of methoxy groups -OCH3 is 1. The van der Waals surface area contributed by atoms with Gasteiger partial charge in [0.2, 0.25) is 0 Å². The zero-order valence-corrected chi connectivity index (χ0v) is 25.4. The molecule has 6 rings (SSSR count). The van der Waals surface area contributed by atoms with Crippen molar-refractivity contribution in [3.05, 3.63) is 137 Å². The van der Waals surface area contributed by atoms with Gasteiger partial charge < -0.3 is 13.9 Å². The molecule has 0 saturated carbocycles. The highest BCUT2D eigenvalue weighted by molar-refractivity contribution is 7.07. The molecule has 0 aliphatic carbocycles. The van der Waals surface area contributed by atoms with Crippen molar-refractivity contribution in [3.63, 3.8) is 0 Å². The number of furan rings is 1. The second-order valence-electron chi connectivity index (χ2n) is 9.53. The van der Waals surface area contributed by atoms with Gasteiger partial charge in [-0.15, -0.1) is 0 Å². The first-order valence-corrected chi connectivity index (χ1v) is 14.9. The van der Waals surface area contributed by atoms with E-state index in [1.807, 2.05) is 42.5 Å². The van der Waals surface area contributed by atoms with Gasteiger partial charge in [0.15, 0.2) is 4.80 Å². The molecule has 216 valence electrons. The van der Waals surface area contributed by atoms with Crippen LogP contribution in [0.1, 0.15) is 29.9 Å². The molecule has 1 aliphatic rings. The molecule has 0 radical (unpaired) electrons. The number of fused-ring (bicyclic) bond motifs is 1. The van der Waals surface area contributed by atoms with Gasteiger partial charge in [0.05, 0.1) is 40.6 Å². The first-order valence-electron chi connectivity index (χ1n) is 13.4. The van der Waals surface area contributed by atoms with Crippen LogP contribution in [-0.4, -0.2) is 24.3 Å². The predicted octanol–water partition coefficient (Wildman–Crippen LogP) is 6.51. The number of benzene rings is 3. The largest absolute Gasteiger partial charge is 0.497 e. The zero-order valence-electron chi connectivity index (χ0n) is 23.0. The van der Waals surface area contributed by atoms with Crippen molar-refractivity contribution in [1.82, 2.24) is 4.57 Å². The zero-order chi connectivity index (χ0) is 30.1. The lowest BCUT2D eigenvalue weighted by molar-refractivity contribution is -0.138. The van der Waals surface area contributed by atoms with Gasteiger partial charge in [-0.1, -0.05) is 77.0 Å². The second kappa shape index (κ2) is 12.1. The monoisotopic (exact) mass is 630 g/mol. The third kappa shape index (κ3) is 5.57. The number of carbonyl (C=O) groups excluding carboxylic acids is 1. The lowest BCUT2D eigenvalue weighted by Gasteiger charge is -2.26. The van der Waals surface area contributed by atoms with Gasteiger partial charge in [-0.05, 0) is 55.0 Å². The Morgan fingerprint density at radius 1 is 1.05 bits per heavy atom. The highest BCUT2D eigenvalue weighted by atomic mass is 35.5. The van der Waals surface area contributed by atoms with E-state index in [1.165, 1.54) is 15.9 Å². The van der Waals surface area contributed by atoms with Crippen LogP contribution in [0.4, 0.5) is 0 Å². The maximum absolute atomic E-state index is 14.1. The van der Waals surface area contributed by atoms with Crippen LogP contribution in [0.5, 0.6) is 5.75 Å². The molecular formula is C33H24Cl2N2O5S. The SMILES string of the molecule is CCOC(=O)C1=C(c2ccccc2)N=c2s/c(=C\c3ccc(-c4cc(Cl)ccc4Cl)o3)c(=O)n2[C@H]1c1ccc(OC)cc1. The van der Waals surface area contributed by atoms with E-state index >= 15 is 0 Å². The van der Waals surface area contributed by atoms with Crippen LogP contribution < -0.4 is 19.6 Å². The maximum Gasteiger partial charge on any atom is 0.338 e. The van der Waals surface area contributed by atoms with Crippen molar-refractivity contribution in [2.24, 2.45) is 4.99 Å². The molecule has 0 saturated heterocycles. The van der Waals surface area contributed by atoms with Crippen LogP contribution in [0.15, 0.2) is 105 Å². The molecular weight excluding hydrogens is 607 g/mol. The van der Waals surface area contributed by atoms with E-state index in [0.29, 0.717) is 53.5 Å². The number of rotatable bonds is 7. The minimum absolute atomic E-state index is 0.168. The first-order chi connectivity index (χ1) is 20.9. The third-order valence-electron chi connectivity index (χ3n) is 6.90. The molecule has 5 aromatic rings. The summed E-state index contributed by atoms with van der Waals surface area (Å²) in [6.07, 6.45) is 1.66. The highest BCUT2D eigenvalue weighted by Gasteiger charge is 2.35. The fraction of sp³-hybridized carbons (Fsp3) is 0.121. The number of aromatic nitrogens is 1. The lowest BCUT2D eigenvalue weighted by atomic mass is 9.93. The number of esters is 1. The fourth-order valence-corrected chi connectivity index (χ4v) is 6.30. The number of carbonyl (C=O) groups is 1. The van der Waals surface area contributed by atoms with E-state index in [4.69, 9.17) is 42.1 Å². The summed E-state index contributed by atoms with van der Waals surface area (Å²) in [7, 11) is 1.58. The van der Waals surface area contributed by atoms with Crippen LogP contribution in [0.25, 0.3) is 23.1 Å². The van der Waals surface area contributed by atoms with Gasteiger partial charge in [0, 0.05) is 22.2 Å². The molecule has 0 spiro atoms. The van der Waals surface area contributed by atoms with E-state index in [0.717, 1.165) is 5.56 Å². The minimum Gasteiger partial charge on any atom is -0.497 e. The molecule has 10 heteroatoms. The summed E-state index contributed by atoms with van der Waals surface area (Å²) in [4.78, 5) is 32.9. The Morgan fingerprint density at radius 2 is 1.81 bits per heavy atom. The Bertz CT molecular complexity index is 2040. The number of ether oxygens (including phenoxy) is 2. The first kappa shape index (κ1) is 28.7. The Morgan fingerprint density at radius 3 is 2.53 bits per heavy atom. The topological polar surface area (TPSA) is 83.0 Å². The third-order valence-corrected chi connectivity index (χ3v) is 8.45. The van der Waals surface area contributed by atoms with Gasteiger partial charge in [0.1, 0.15) is 17.3 Å². The van der Waals surface area contributed by atoms with Gasteiger partial charge >= 0.3 is 5.97 Å². The van der Waals surface area contributed by atoms with Crippen molar-refractivity contribution in [2.45, 2.75) is 13.0 Å². The Kier molecular flexibility index (Phi) is 8.08. The van der Waals surface area contributed by atoms with E-state index in [9.17, 15) is 9.59 Å². The second-order valence-corrected chi connectivity index (χ2v) is 11.4. The van der Waals surface area contributed by atoms with Crippen LogP contribution in [0.3, 0.4) is 0 Å². The van der Waals surface area contributed by atoms with Crippen molar-refractivity contribution >= 4 is 52.3 Å². The van der Waals surface area contributed by atoms with Crippen molar-refractivity contribution in [3.8, 4) is 17.1 Å². The lowest BCUT2D eigenvalue weighted by Crippen LogP contribution is -2.40. The highest BCUT2D eigenvalue weighted by Crippen LogP contribution is 2.36. The summed E-state index contributed by atoms with van der Waals surface area (Å²) in [6, 6.07) is 24.5. The number of thiazole rings is 1. The van der Waals surface area contributed by atoms with Gasteiger partial charge in [-0.2, -0.15) is 0 Å². The van der Waals surface area contributed by atoms with Crippen LogP contribution in [-0.2, 0) is 9.53 Å². The molecule has 0 amide bonds. The Balaban J connectivity index is 1.56. The standard InChI is InChI=1S/C33H24Cl2N2O5S/c1-3-41-32(39)28-29(19-7-5-4-6-8-19)36-33-37(30(28)20-9-12-22(40-2)13-10-20)31(38)27(43-33)18-23-14-16-26(42-23)24-17-21(34)11-15-25(24)35/h4-18,30H,3H2,1-2H3/b27-18-/t30-/m0/s1. The summed E-state index contributed by atoms with van der Waals surface area (Å²) >= 11 is 13.7.